The van der Waals surface area contributed by atoms with Gasteiger partial charge in [0.2, 0.25) is 0 Å². The quantitative estimate of drug-likeness (QED) is 0.826. The van der Waals surface area contributed by atoms with Crippen LogP contribution in [0.15, 0.2) is 17.5 Å². The number of alkyl halides is 3. The van der Waals surface area contributed by atoms with Crippen LogP contribution in [0.2, 0.25) is 0 Å². The van der Waals surface area contributed by atoms with Gasteiger partial charge in [0.25, 0.3) is 0 Å². The van der Waals surface area contributed by atoms with Gasteiger partial charge in [-0.15, -0.1) is 11.3 Å². The van der Waals surface area contributed by atoms with Crippen molar-refractivity contribution in [3.63, 3.8) is 0 Å². The molecule has 0 amide bonds. The van der Waals surface area contributed by atoms with Gasteiger partial charge in [-0.3, -0.25) is 0 Å². The Bertz CT molecular complexity index is 256. The third kappa shape index (κ3) is 4.62. The van der Waals surface area contributed by atoms with E-state index in [4.69, 9.17) is 0 Å². The van der Waals surface area contributed by atoms with Crippen molar-refractivity contribution in [2.75, 3.05) is 0 Å². The first-order chi connectivity index (χ1) is 6.47. The van der Waals surface area contributed by atoms with Crippen LogP contribution in [0.5, 0.6) is 0 Å². The zero-order valence-corrected chi connectivity index (χ0v) is 8.58. The van der Waals surface area contributed by atoms with Crippen molar-refractivity contribution in [2.45, 2.75) is 32.1 Å². The van der Waals surface area contributed by atoms with Gasteiger partial charge in [-0.05, 0) is 18.4 Å². The van der Waals surface area contributed by atoms with Crippen molar-refractivity contribution in [2.24, 2.45) is 0 Å². The highest BCUT2D eigenvalue weighted by Crippen LogP contribution is 2.21. The third-order valence-electron chi connectivity index (χ3n) is 1.74. The molecule has 1 unspecified atom stereocenters. The van der Waals surface area contributed by atoms with Crippen molar-refractivity contribution in [1.29, 1.82) is 0 Å². The highest BCUT2D eigenvalue weighted by molar-refractivity contribution is 7.09. The second kappa shape index (κ2) is 4.79. The molecule has 1 aromatic heterocycles. The molecule has 0 aliphatic heterocycles. The number of rotatable bonds is 4. The molecule has 14 heavy (non-hydrogen) atoms. The van der Waals surface area contributed by atoms with Crippen molar-refractivity contribution >= 4 is 11.3 Å². The van der Waals surface area contributed by atoms with Crippen LogP contribution in [0.25, 0.3) is 0 Å². The molecule has 80 valence electrons. The molecule has 1 N–H and O–H groups in total. The summed E-state index contributed by atoms with van der Waals surface area (Å²) in [6, 6.07) is 3.26. The fourth-order valence-electron chi connectivity index (χ4n) is 1.11. The molecule has 1 atom stereocenters. The molecule has 0 radical (unpaired) electrons. The maximum absolute atomic E-state index is 11.9. The summed E-state index contributed by atoms with van der Waals surface area (Å²) in [5, 5.41) is 4.74. The van der Waals surface area contributed by atoms with Crippen LogP contribution >= 0.6 is 11.3 Å². The maximum Gasteiger partial charge on any atom is 0.390 e. The van der Waals surface area contributed by atoms with Gasteiger partial charge in [0, 0.05) is 17.5 Å². The van der Waals surface area contributed by atoms with E-state index in [1.807, 2.05) is 17.5 Å². The Morgan fingerprint density at radius 2 is 2.21 bits per heavy atom. The minimum absolute atomic E-state index is 0.509. The topological polar surface area (TPSA) is 12.0 Å². The van der Waals surface area contributed by atoms with Gasteiger partial charge in [-0.25, -0.2) is 0 Å². The lowest BCUT2D eigenvalue weighted by Crippen LogP contribution is -2.30. The third-order valence-corrected chi connectivity index (χ3v) is 2.62. The van der Waals surface area contributed by atoms with E-state index in [1.165, 1.54) is 11.3 Å². The van der Waals surface area contributed by atoms with E-state index in [9.17, 15) is 13.2 Å². The number of nitrogens with one attached hydrogen (secondary N) is 1. The molecule has 0 saturated heterocycles. The molecule has 1 heterocycles. The Labute approximate surface area is 84.9 Å². The SMILES string of the molecule is CC(CC(F)(F)F)NCc1cccs1. The van der Waals surface area contributed by atoms with Crippen LogP contribution < -0.4 is 5.32 Å². The maximum atomic E-state index is 11.9. The molecule has 0 bridgehead atoms. The normalized spacial score (nSPS) is 14.3. The largest absolute Gasteiger partial charge is 0.390 e. The Balaban J connectivity index is 2.25. The molecule has 0 aliphatic rings. The molecule has 0 fully saturated rings. The van der Waals surface area contributed by atoms with Crippen molar-refractivity contribution in [1.82, 2.24) is 5.32 Å². The van der Waals surface area contributed by atoms with Crippen molar-refractivity contribution in [3.05, 3.63) is 22.4 Å². The first-order valence-electron chi connectivity index (χ1n) is 4.30. The first kappa shape index (κ1) is 11.5. The lowest BCUT2D eigenvalue weighted by atomic mass is 10.2. The summed E-state index contributed by atoms with van der Waals surface area (Å²) in [6.45, 7) is 2.05. The van der Waals surface area contributed by atoms with Crippen molar-refractivity contribution < 1.29 is 13.2 Å². The van der Waals surface area contributed by atoms with Gasteiger partial charge >= 0.3 is 6.18 Å². The monoisotopic (exact) mass is 223 g/mol. The summed E-state index contributed by atoms with van der Waals surface area (Å²) in [7, 11) is 0. The molecule has 1 nitrogen and oxygen atoms in total. The molecule has 0 spiro atoms. The molecule has 0 saturated carbocycles. The second-order valence-corrected chi connectivity index (χ2v) is 4.21. The smallest absolute Gasteiger partial charge is 0.309 e. The number of hydrogen-bond donors (Lipinski definition) is 1. The summed E-state index contributed by atoms with van der Waals surface area (Å²) < 4.78 is 35.8. The minimum Gasteiger partial charge on any atom is -0.309 e. The van der Waals surface area contributed by atoms with E-state index < -0.39 is 18.6 Å². The summed E-state index contributed by atoms with van der Waals surface area (Å²) in [5.74, 6) is 0. The number of thiophene rings is 1. The summed E-state index contributed by atoms with van der Waals surface area (Å²) >= 11 is 1.54. The molecule has 5 heteroatoms. The van der Waals surface area contributed by atoms with E-state index in [0.717, 1.165) is 4.88 Å². The van der Waals surface area contributed by atoms with E-state index in [-0.39, 0.29) is 0 Å². The van der Waals surface area contributed by atoms with E-state index in [0.29, 0.717) is 6.54 Å². The fraction of sp³-hybridized carbons (Fsp3) is 0.556. The number of hydrogen-bond acceptors (Lipinski definition) is 2. The van der Waals surface area contributed by atoms with Crippen LogP contribution in [0.3, 0.4) is 0 Å². The lowest BCUT2D eigenvalue weighted by Gasteiger charge is -2.14. The van der Waals surface area contributed by atoms with E-state index in [2.05, 4.69) is 5.32 Å². The standard InChI is InChI=1S/C9H12F3NS/c1-7(5-9(10,11)12)13-6-8-3-2-4-14-8/h2-4,7,13H,5-6H2,1H3. The first-order valence-corrected chi connectivity index (χ1v) is 5.18. The Morgan fingerprint density at radius 1 is 1.50 bits per heavy atom. The van der Waals surface area contributed by atoms with Crippen LogP contribution in [0.1, 0.15) is 18.2 Å². The highest BCUT2D eigenvalue weighted by Gasteiger charge is 2.29. The van der Waals surface area contributed by atoms with Crippen molar-refractivity contribution in [3.8, 4) is 0 Å². The molecule has 1 rings (SSSR count). The van der Waals surface area contributed by atoms with Crippen LogP contribution in [0, 0.1) is 0 Å². The Hall–Kier alpha value is -0.550. The highest BCUT2D eigenvalue weighted by atomic mass is 32.1. The Morgan fingerprint density at radius 3 is 2.71 bits per heavy atom. The molecule has 1 aromatic rings. The van der Waals surface area contributed by atoms with Crippen LogP contribution in [-0.4, -0.2) is 12.2 Å². The van der Waals surface area contributed by atoms with Gasteiger partial charge < -0.3 is 5.32 Å². The van der Waals surface area contributed by atoms with Gasteiger partial charge in [0.1, 0.15) is 0 Å². The average Bonchev–Trinajstić information content (AvgIpc) is 2.49. The minimum atomic E-state index is -4.08. The van der Waals surface area contributed by atoms with Gasteiger partial charge in [-0.1, -0.05) is 6.07 Å². The predicted octanol–water partition coefficient (Wildman–Crippen LogP) is 3.18. The second-order valence-electron chi connectivity index (χ2n) is 3.18. The zero-order chi connectivity index (χ0) is 10.6. The summed E-state index contributed by atoms with van der Waals surface area (Å²) in [5.41, 5.74) is 0. The van der Waals surface area contributed by atoms with E-state index >= 15 is 0 Å². The van der Waals surface area contributed by atoms with E-state index in [1.54, 1.807) is 6.92 Å². The summed E-state index contributed by atoms with van der Waals surface area (Å²) in [4.78, 5) is 1.05. The molecular weight excluding hydrogens is 211 g/mol. The molecule has 0 aliphatic carbocycles. The van der Waals surface area contributed by atoms with Crippen LogP contribution in [-0.2, 0) is 6.54 Å². The zero-order valence-electron chi connectivity index (χ0n) is 7.77. The number of halogens is 3. The van der Waals surface area contributed by atoms with Gasteiger partial charge in [0.05, 0.1) is 6.42 Å². The predicted molar refractivity (Wildman–Crippen MR) is 51.3 cm³/mol. The lowest BCUT2D eigenvalue weighted by molar-refractivity contribution is -0.139. The average molecular weight is 223 g/mol. The fourth-order valence-corrected chi connectivity index (χ4v) is 1.76. The van der Waals surface area contributed by atoms with Gasteiger partial charge in [-0.2, -0.15) is 13.2 Å². The Kier molecular flexibility index (Phi) is 3.95. The van der Waals surface area contributed by atoms with Gasteiger partial charge in [0.15, 0.2) is 0 Å². The summed E-state index contributed by atoms with van der Waals surface area (Å²) in [6.07, 6.45) is -4.86. The molecule has 0 aromatic carbocycles. The molecular formula is C9H12F3NS. The van der Waals surface area contributed by atoms with Crippen LogP contribution in [0.4, 0.5) is 13.2 Å².